The predicted molar refractivity (Wildman–Crippen MR) is 83.2 cm³/mol. The molecule has 4 amide bonds. The minimum Gasteiger partial charge on any atom is -0.342 e. The number of hydrogen-bond acceptors (Lipinski definition) is 3. The monoisotopic (exact) mass is 309 g/mol. The number of nitrogens with one attached hydrogen (secondary N) is 1. The average molecular weight is 309 g/mol. The molecule has 6 nitrogen and oxygen atoms in total. The van der Waals surface area contributed by atoms with Gasteiger partial charge in [-0.15, -0.1) is 0 Å². The second kappa shape index (κ2) is 6.67. The SMILES string of the molecule is CCC1CCC2(CC1)NC(=O)N(CC(=O)N(CC)CC)C2=O. The largest absolute Gasteiger partial charge is 0.342 e. The molecular weight excluding hydrogens is 282 g/mol. The zero-order valence-electron chi connectivity index (χ0n) is 13.9. The summed E-state index contributed by atoms with van der Waals surface area (Å²) in [6.07, 6.45) is 4.40. The van der Waals surface area contributed by atoms with Gasteiger partial charge in [0.05, 0.1) is 0 Å². The molecule has 1 aliphatic heterocycles. The summed E-state index contributed by atoms with van der Waals surface area (Å²) in [5.41, 5.74) is -0.758. The molecule has 0 bridgehead atoms. The summed E-state index contributed by atoms with van der Waals surface area (Å²) < 4.78 is 0. The van der Waals surface area contributed by atoms with Crippen molar-refractivity contribution in [3.8, 4) is 0 Å². The Kier molecular flexibility index (Phi) is 5.08. The fourth-order valence-electron chi connectivity index (χ4n) is 3.55. The number of rotatable bonds is 5. The highest BCUT2D eigenvalue weighted by Gasteiger charge is 2.52. The Morgan fingerprint density at radius 2 is 1.82 bits per heavy atom. The zero-order valence-corrected chi connectivity index (χ0v) is 13.9. The van der Waals surface area contributed by atoms with Crippen LogP contribution in [0, 0.1) is 5.92 Å². The molecule has 0 aromatic heterocycles. The van der Waals surface area contributed by atoms with Gasteiger partial charge < -0.3 is 10.2 Å². The molecular formula is C16H27N3O3. The van der Waals surface area contributed by atoms with Gasteiger partial charge in [0, 0.05) is 13.1 Å². The van der Waals surface area contributed by atoms with Crippen LogP contribution in [0.3, 0.4) is 0 Å². The van der Waals surface area contributed by atoms with Crippen LogP contribution in [-0.4, -0.2) is 52.8 Å². The quantitative estimate of drug-likeness (QED) is 0.787. The molecule has 2 fully saturated rings. The van der Waals surface area contributed by atoms with Crippen molar-refractivity contribution < 1.29 is 14.4 Å². The molecule has 0 aromatic rings. The van der Waals surface area contributed by atoms with Crippen molar-refractivity contribution in [3.05, 3.63) is 0 Å². The van der Waals surface area contributed by atoms with Gasteiger partial charge in [0.2, 0.25) is 5.91 Å². The van der Waals surface area contributed by atoms with E-state index in [0.29, 0.717) is 31.8 Å². The maximum Gasteiger partial charge on any atom is 0.325 e. The Morgan fingerprint density at radius 3 is 2.32 bits per heavy atom. The third-order valence-corrected chi connectivity index (χ3v) is 5.19. The van der Waals surface area contributed by atoms with E-state index in [0.717, 1.165) is 24.2 Å². The molecule has 1 aliphatic carbocycles. The van der Waals surface area contributed by atoms with Crippen molar-refractivity contribution in [1.82, 2.24) is 15.1 Å². The van der Waals surface area contributed by atoms with Crippen molar-refractivity contribution in [1.29, 1.82) is 0 Å². The lowest BCUT2D eigenvalue weighted by Gasteiger charge is -2.34. The number of nitrogens with zero attached hydrogens (tertiary/aromatic N) is 2. The van der Waals surface area contributed by atoms with Crippen LogP contribution in [0.5, 0.6) is 0 Å². The number of likely N-dealkylation sites (N-methyl/N-ethyl adjacent to an activating group) is 1. The molecule has 0 unspecified atom stereocenters. The Bertz CT molecular complexity index is 452. The molecule has 1 N–H and O–H groups in total. The van der Waals surface area contributed by atoms with Gasteiger partial charge >= 0.3 is 6.03 Å². The number of amides is 4. The topological polar surface area (TPSA) is 69.7 Å². The molecule has 1 saturated heterocycles. The molecule has 2 aliphatic rings. The van der Waals surface area contributed by atoms with Gasteiger partial charge in [-0.1, -0.05) is 13.3 Å². The van der Waals surface area contributed by atoms with Crippen LogP contribution in [0.1, 0.15) is 52.9 Å². The summed E-state index contributed by atoms with van der Waals surface area (Å²) in [6, 6.07) is -0.416. The van der Waals surface area contributed by atoms with Crippen molar-refractivity contribution in [2.75, 3.05) is 19.6 Å². The molecule has 22 heavy (non-hydrogen) atoms. The van der Waals surface area contributed by atoms with Gasteiger partial charge in [-0.05, 0) is 45.4 Å². The van der Waals surface area contributed by atoms with E-state index in [2.05, 4.69) is 12.2 Å². The predicted octanol–water partition coefficient (Wildman–Crippen LogP) is 1.75. The van der Waals surface area contributed by atoms with E-state index in [4.69, 9.17) is 0 Å². The van der Waals surface area contributed by atoms with Crippen LogP contribution in [0.25, 0.3) is 0 Å². The van der Waals surface area contributed by atoms with Crippen LogP contribution in [0.4, 0.5) is 4.79 Å². The molecule has 2 rings (SSSR count). The number of imide groups is 1. The zero-order chi connectivity index (χ0) is 16.3. The van der Waals surface area contributed by atoms with Gasteiger partial charge in [-0.25, -0.2) is 4.79 Å². The van der Waals surface area contributed by atoms with Crippen LogP contribution in [-0.2, 0) is 9.59 Å². The van der Waals surface area contributed by atoms with E-state index < -0.39 is 11.6 Å². The number of hydrogen-bond donors (Lipinski definition) is 1. The maximum atomic E-state index is 12.7. The first-order valence-corrected chi connectivity index (χ1v) is 8.39. The van der Waals surface area contributed by atoms with Crippen molar-refractivity contribution in [3.63, 3.8) is 0 Å². The molecule has 6 heteroatoms. The number of carbonyl (C=O) groups is 3. The Labute approximate surface area is 132 Å². The van der Waals surface area contributed by atoms with Gasteiger partial charge in [-0.2, -0.15) is 0 Å². The molecule has 124 valence electrons. The second-order valence-electron chi connectivity index (χ2n) is 6.32. The van der Waals surface area contributed by atoms with E-state index in [1.807, 2.05) is 13.8 Å². The van der Waals surface area contributed by atoms with Crippen molar-refractivity contribution in [2.24, 2.45) is 5.92 Å². The van der Waals surface area contributed by atoms with Crippen molar-refractivity contribution >= 4 is 17.8 Å². The molecule has 1 heterocycles. The standard InChI is InChI=1S/C16H27N3O3/c1-4-12-7-9-16(10-8-12)14(21)19(15(22)17-16)11-13(20)18(5-2)6-3/h12H,4-11H2,1-3H3,(H,17,22). The third kappa shape index (κ3) is 2.96. The average Bonchev–Trinajstić information content (AvgIpc) is 2.74. The lowest BCUT2D eigenvalue weighted by molar-refractivity contribution is -0.139. The molecule has 0 atom stereocenters. The first-order valence-electron chi connectivity index (χ1n) is 8.39. The highest BCUT2D eigenvalue weighted by molar-refractivity contribution is 6.09. The minimum atomic E-state index is -0.758. The smallest absolute Gasteiger partial charge is 0.325 e. The highest BCUT2D eigenvalue weighted by atomic mass is 16.2. The van der Waals surface area contributed by atoms with Crippen LogP contribution < -0.4 is 5.32 Å². The summed E-state index contributed by atoms with van der Waals surface area (Å²) >= 11 is 0. The summed E-state index contributed by atoms with van der Waals surface area (Å²) in [5.74, 6) is 0.252. The lowest BCUT2D eigenvalue weighted by Crippen LogP contribution is -2.50. The van der Waals surface area contributed by atoms with Crippen molar-refractivity contribution in [2.45, 2.75) is 58.4 Å². The molecule has 0 radical (unpaired) electrons. The van der Waals surface area contributed by atoms with E-state index in [1.165, 1.54) is 0 Å². The number of urea groups is 1. The Balaban J connectivity index is 2.05. The van der Waals surface area contributed by atoms with Gasteiger partial charge in [0.1, 0.15) is 12.1 Å². The van der Waals surface area contributed by atoms with Gasteiger partial charge in [-0.3, -0.25) is 14.5 Å². The van der Waals surface area contributed by atoms with E-state index in [1.54, 1.807) is 4.90 Å². The number of carbonyl (C=O) groups excluding carboxylic acids is 3. The van der Waals surface area contributed by atoms with E-state index in [-0.39, 0.29) is 18.4 Å². The van der Waals surface area contributed by atoms with E-state index >= 15 is 0 Å². The maximum absolute atomic E-state index is 12.7. The fraction of sp³-hybridized carbons (Fsp3) is 0.812. The first kappa shape index (κ1) is 16.8. The lowest BCUT2D eigenvalue weighted by atomic mass is 9.75. The summed E-state index contributed by atoms with van der Waals surface area (Å²) in [5, 5.41) is 2.86. The Morgan fingerprint density at radius 1 is 1.23 bits per heavy atom. The first-order chi connectivity index (χ1) is 10.5. The minimum absolute atomic E-state index is 0.148. The van der Waals surface area contributed by atoms with E-state index in [9.17, 15) is 14.4 Å². The molecule has 1 saturated carbocycles. The molecule has 1 spiro atoms. The highest BCUT2D eigenvalue weighted by Crippen LogP contribution is 2.37. The third-order valence-electron chi connectivity index (χ3n) is 5.19. The molecule has 0 aromatic carbocycles. The second-order valence-corrected chi connectivity index (χ2v) is 6.32. The van der Waals surface area contributed by atoms with Crippen LogP contribution in [0.2, 0.25) is 0 Å². The summed E-state index contributed by atoms with van der Waals surface area (Å²) in [7, 11) is 0. The van der Waals surface area contributed by atoms with Gasteiger partial charge in [0.15, 0.2) is 0 Å². The summed E-state index contributed by atoms with van der Waals surface area (Å²) in [6.45, 7) is 6.96. The Hall–Kier alpha value is -1.59. The van der Waals surface area contributed by atoms with Crippen LogP contribution >= 0.6 is 0 Å². The normalized spacial score (nSPS) is 28.1. The fourth-order valence-corrected chi connectivity index (χ4v) is 3.55. The summed E-state index contributed by atoms with van der Waals surface area (Å²) in [4.78, 5) is 39.8. The van der Waals surface area contributed by atoms with Gasteiger partial charge in [0.25, 0.3) is 5.91 Å². The van der Waals surface area contributed by atoms with Crippen LogP contribution in [0.15, 0.2) is 0 Å².